The molecular weight excluding hydrogens is 360 g/mol. The zero-order valence-electron chi connectivity index (χ0n) is 14.7. The highest BCUT2D eigenvalue weighted by molar-refractivity contribution is 6.09. The van der Waals surface area contributed by atoms with Gasteiger partial charge in [0, 0.05) is 5.56 Å². The van der Waals surface area contributed by atoms with Crippen LogP contribution in [0.25, 0.3) is 0 Å². The summed E-state index contributed by atoms with van der Waals surface area (Å²) < 4.78 is 55.2. The van der Waals surface area contributed by atoms with Crippen molar-refractivity contribution in [2.24, 2.45) is 0 Å². The van der Waals surface area contributed by atoms with Crippen molar-refractivity contribution >= 4 is 5.78 Å². The van der Waals surface area contributed by atoms with Crippen LogP contribution in [0.4, 0.5) is 17.6 Å². The molecule has 2 aromatic carbocycles. The molecule has 144 valence electrons. The number of rotatable bonds is 3. The molecule has 0 bridgehead atoms. The van der Waals surface area contributed by atoms with E-state index in [0.29, 0.717) is 0 Å². The molecule has 0 spiro atoms. The molecule has 0 heterocycles. The summed E-state index contributed by atoms with van der Waals surface area (Å²) in [6.45, 7) is 0. The number of hydrogen-bond acceptors (Lipinski definition) is 2. The molecule has 27 heavy (non-hydrogen) atoms. The minimum absolute atomic E-state index is 0.0446. The number of carbonyl (C=O) groups is 1. The van der Waals surface area contributed by atoms with Gasteiger partial charge in [-0.2, -0.15) is 8.78 Å². The number of phenols is 1. The van der Waals surface area contributed by atoms with Crippen molar-refractivity contribution < 1.29 is 27.5 Å². The molecule has 0 aromatic heterocycles. The maximum absolute atomic E-state index is 14.0. The molecule has 0 saturated heterocycles. The number of ketones is 1. The first-order chi connectivity index (χ1) is 12.9. The molecule has 3 rings (SSSR count). The van der Waals surface area contributed by atoms with Gasteiger partial charge in [0.2, 0.25) is 11.6 Å². The van der Waals surface area contributed by atoms with Gasteiger partial charge in [-0.05, 0) is 30.4 Å². The zero-order valence-corrected chi connectivity index (χ0v) is 14.7. The number of phenolic OH excluding ortho intramolecular Hbond substituents is 1. The van der Waals surface area contributed by atoms with E-state index in [2.05, 4.69) is 0 Å². The fraction of sp³-hybridized carbons (Fsp3) is 0.381. The molecule has 0 radical (unpaired) electrons. The lowest BCUT2D eigenvalue weighted by molar-refractivity contribution is 0.102. The van der Waals surface area contributed by atoms with Crippen molar-refractivity contribution in [1.82, 2.24) is 0 Å². The number of carbonyl (C=O) groups excluding carboxylic acids is 1. The summed E-state index contributed by atoms with van der Waals surface area (Å²) >= 11 is 0. The van der Waals surface area contributed by atoms with E-state index >= 15 is 0 Å². The van der Waals surface area contributed by atoms with Crippen LogP contribution >= 0.6 is 0 Å². The fourth-order valence-electron chi connectivity index (χ4n) is 3.69. The Morgan fingerprint density at radius 3 is 2.00 bits per heavy atom. The minimum atomic E-state index is -1.98. The van der Waals surface area contributed by atoms with Crippen LogP contribution in [0.1, 0.15) is 72.3 Å². The van der Waals surface area contributed by atoms with Gasteiger partial charge < -0.3 is 5.11 Å². The van der Waals surface area contributed by atoms with E-state index in [0.717, 1.165) is 44.1 Å². The average Bonchev–Trinajstić information content (AvgIpc) is 2.65. The van der Waals surface area contributed by atoms with Crippen molar-refractivity contribution in [3.05, 3.63) is 64.2 Å². The topological polar surface area (TPSA) is 37.3 Å². The maximum atomic E-state index is 14.0. The van der Waals surface area contributed by atoms with E-state index < -0.39 is 40.4 Å². The van der Waals surface area contributed by atoms with E-state index in [1.807, 2.05) is 6.07 Å². The lowest BCUT2D eigenvalue weighted by Crippen LogP contribution is -2.12. The van der Waals surface area contributed by atoms with Gasteiger partial charge in [0.25, 0.3) is 0 Å². The molecule has 1 aliphatic carbocycles. The van der Waals surface area contributed by atoms with E-state index in [1.54, 1.807) is 6.07 Å². The Bertz CT molecular complexity index is 826. The van der Waals surface area contributed by atoms with Crippen LogP contribution in [0.2, 0.25) is 0 Å². The molecule has 1 saturated carbocycles. The van der Waals surface area contributed by atoms with Gasteiger partial charge in [0.15, 0.2) is 23.2 Å². The Kier molecular flexibility index (Phi) is 5.82. The van der Waals surface area contributed by atoms with Crippen LogP contribution in [0.5, 0.6) is 5.75 Å². The van der Waals surface area contributed by atoms with Gasteiger partial charge in [-0.25, -0.2) is 8.78 Å². The van der Waals surface area contributed by atoms with Crippen molar-refractivity contribution in [2.45, 2.75) is 50.9 Å². The summed E-state index contributed by atoms with van der Waals surface area (Å²) in [5, 5.41) is 9.07. The quantitative estimate of drug-likeness (QED) is 0.402. The van der Waals surface area contributed by atoms with E-state index in [4.69, 9.17) is 5.11 Å². The second-order valence-electron chi connectivity index (χ2n) is 6.98. The molecule has 6 heteroatoms. The molecule has 0 amide bonds. The van der Waals surface area contributed by atoms with Crippen LogP contribution in [0, 0.1) is 23.3 Å². The van der Waals surface area contributed by atoms with Gasteiger partial charge in [-0.1, -0.05) is 50.3 Å². The van der Waals surface area contributed by atoms with Gasteiger partial charge >= 0.3 is 0 Å². The normalized spacial score (nSPS) is 16.0. The molecule has 0 aliphatic heterocycles. The van der Waals surface area contributed by atoms with Crippen LogP contribution in [0.15, 0.2) is 24.3 Å². The van der Waals surface area contributed by atoms with Crippen molar-refractivity contribution in [1.29, 1.82) is 0 Å². The van der Waals surface area contributed by atoms with Crippen LogP contribution < -0.4 is 0 Å². The number of aromatic hydroxyl groups is 1. The Morgan fingerprint density at radius 1 is 0.852 bits per heavy atom. The molecule has 1 fully saturated rings. The Morgan fingerprint density at radius 2 is 1.41 bits per heavy atom. The van der Waals surface area contributed by atoms with Crippen LogP contribution in [0.3, 0.4) is 0 Å². The minimum Gasteiger partial charge on any atom is -0.503 e. The highest BCUT2D eigenvalue weighted by atomic mass is 19.2. The predicted molar refractivity (Wildman–Crippen MR) is 92.9 cm³/mol. The molecule has 0 atom stereocenters. The molecular formula is C21H20F4O2. The molecule has 0 unspecified atom stereocenters. The molecule has 1 aliphatic rings. The van der Waals surface area contributed by atoms with Crippen LogP contribution in [-0.2, 0) is 0 Å². The van der Waals surface area contributed by atoms with Crippen molar-refractivity contribution in [3.63, 3.8) is 0 Å². The summed E-state index contributed by atoms with van der Waals surface area (Å²) in [6.07, 6.45) is 7.57. The third kappa shape index (κ3) is 3.84. The molecule has 1 N–H and O–H groups in total. The third-order valence-electron chi connectivity index (χ3n) is 5.19. The maximum Gasteiger partial charge on any atom is 0.204 e. The second kappa shape index (κ2) is 8.11. The Hall–Kier alpha value is -2.37. The lowest BCUT2D eigenvalue weighted by Gasteiger charge is -2.20. The zero-order chi connectivity index (χ0) is 19.6. The van der Waals surface area contributed by atoms with Gasteiger partial charge in [-0.15, -0.1) is 0 Å². The predicted octanol–water partition coefficient (Wildman–Crippen LogP) is 6.01. The Balaban J connectivity index is 1.97. The standard InChI is InChI=1S/C21H20F4O2/c22-16-15(17(23)19(25)21(27)18(16)24)20(26)14-10-6-9-13(11-14)12-7-4-2-1-3-5-8-12/h6,9-12,27H,1-5,7-8H2. The van der Waals surface area contributed by atoms with E-state index in [9.17, 15) is 22.4 Å². The summed E-state index contributed by atoms with van der Waals surface area (Å²) in [5.74, 6) is -10.4. The Labute approximate surface area is 154 Å². The summed E-state index contributed by atoms with van der Waals surface area (Å²) in [6, 6.07) is 6.35. The third-order valence-corrected chi connectivity index (χ3v) is 5.19. The number of halogens is 4. The van der Waals surface area contributed by atoms with E-state index in [-0.39, 0.29) is 11.5 Å². The van der Waals surface area contributed by atoms with E-state index in [1.165, 1.54) is 18.6 Å². The fourth-order valence-corrected chi connectivity index (χ4v) is 3.69. The van der Waals surface area contributed by atoms with Gasteiger partial charge in [0.1, 0.15) is 5.56 Å². The smallest absolute Gasteiger partial charge is 0.204 e. The second-order valence-corrected chi connectivity index (χ2v) is 6.98. The highest BCUT2D eigenvalue weighted by Crippen LogP contribution is 2.33. The summed E-state index contributed by atoms with van der Waals surface area (Å²) in [4.78, 5) is 12.6. The highest BCUT2D eigenvalue weighted by Gasteiger charge is 2.30. The summed E-state index contributed by atoms with van der Waals surface area (Å²) in [5.41, 5.74) is -0.502. The SMILES string of the molecule is O=C(c1cccc(C2CCCCCCC2)c1)c1c(F)c(F)c(O)c(F)c1F. The first-order valence-electron chi connectivity index (χ1n) is 9.11. The average molecular weight is 380 g/mol. The van der Waals surface area contributed by atoms with Gasteiger partial charge in [-0.3, -0.25) is 4.79 Å². The van der Waals surface area contributed by atoms with Gasteiger partial charge in [0.05, 0.1) is 0 Å². The number of benzene rings is 2. The first-order valence-corrected chi connectivity index (χ1v) is 9.11. The largest absolute Gasteiger partial charge is 0.503 e. The van der Waals surface area contributed by atoms with Crippen molar-refractivity contribution in [2.75, 3.05) is 0 Å². The molecule has 2 nitrogen and oxygen atoms in total. The lowest BCUT2D eigenvalue weighted by atomic mass is 9.85. The molecule has 2 aromatic rings. The summed E-state index contributed by atoms with van der Waals surface area (Å²) in [7, 11) is 0. The van der Waals surface area contributed by atoms with Crippen LogP contribution in [-0.4, -0.2) is 10.9 Å². The number of hydrogen-bond donors (Lipinski definition) is 1. The van der Waals surface area contributed by atoms with Crippen molar-refractivity contribution in [3.8, 4) is 5.75 Å². The monoisotopic (exact) mass is 380 g/mol. The first kappa shape index (κ1) is 19.4.